The number of aryl methyl sites for hydroxylation is 1. The average Bonchev–Trinajstić information content (AvgIpc) is 2.95. The van der Waals surface area contributed by atoms with Crippen LogP contribution in [-0.4, -0.2) is 25.8 Å². The second-order valence-corrected chi connectivity index (χ2v) is 6.26. The van der Waals surface area contributed by atoms with Crippen LogP contribution in [0.4, 0.5) is 8.78 Å². The number of hydrogen-bond donors (Lipinski definition) is 1. The first kappa shape index (κ1) is 17.1. The normalized spacial score (nSPS) is 11.6. The van der Waals surface area contributed by atoms with Crippen LogP contribution < -0.4 is 0 Å². The fourth-order valence-corrected chi connectivity index (χ4v) is 3.38. The van der Waals surface area contributed by atoms with Crippen molar-refractivity contribution in [1.82, 2.24) is 14.8 Å². The topological polar surface area (TPSA) is 68.0 Å². The van der Waals surface area contributed by atoms with Gasteiger partial charge in [-0.15, -0.1) is 0 Å². The number of benzene rings is 2. The molecule has 2 aromatic heterocycles. The van der Waals surface area contributed by atoms with E-state index >= 15 is 0 Å². The Labute approximate surface area is 152 Å². The lowest BCUT2D eigenvalue weighted by Gasteiger charge is -2.10. The third-order valence-electron chi connectivity index (χ3n) is 4.49. The van der Waals surface area contributed by atoms with Crippen LogP contribution in [0.5, 0.6) is 0 Å². The van der Waals surface area contributed by atoms with Crippen LogP contribution in [0, 0.1) is 6.92 Å². The molecule has 1 N–H and O–H groups in total. The third-order valence-corrected chi connectivity index (χ3v) is 4.49. The van der Waals surface area contributed by atoms with Crippen molar-refractivity contribution in [2.45, 2.75) is 19.9 Å². The predicted octanol–water partition coefficient (Wildman–Crippen LogP) is 4.58. The summed E-state index contributed by atoms with van der Waals surface area (Å²) in [7, 11) is 0. The molecule has 0 bridgehead atoms. The van der Waals surface area contributed by atoms with Gasteiger partial charge in [-0.1, -0.05) is 42.5 Å². The lowest BCUT2D eigenvalue weighted by molar-refractivity contribution is -0.137. The van der Waals surface area contributed by atoms with Gasteiger partial charge in [0.25, 0.3) is 6.43 Å². The molecule has 0 amide bonds. The molecule has 136 valence electrons. The number of carbonyl (C=O) groups is 1. The van der Waals surface area contributed by atoms with Gasteiger partial charge in [-0.05, 0) is 23.8 Å². The van der Waals surface area contributed by atoms with Crippen LogP contribution in [0.2, 0.25) is 0 Å². The van der Waals surface area contributed by atoms with Gasteiger partial charge in [-0.2, -0.15) is 5.10 Å². The first-order valence-electron chi connectivity index (χ1n) is 8.32. The summed E-state index contributed by atoms with van der Waals surface area (Å²) in [6, 6.07) is 14.6. The number of fused-ring (bicyclic) bond motifs is 2. The van der Waals surface area contributed by atoms with E-state index < -0.39 is 18.9 Å². The summed E-state index contributed by atoms with van der Waals surface area (Å²) in [5.74, 6) is -1.12. The molecular formula is C20H15F2N3O2. The van der Waals surface area contributed by atoms with Crippen molar-refractivity contribution in [2.24, 2.45) is 0 Å². The Bertz CT molecular complexity index is 1180. The average molecular weight is 367 g/mol. The Hall–Kier alpha value is -3.35. The summed E-state index contributed by atoms with van der Waals surface area (Å²) in [5.41, 5.74) is 1.35. The second-order valence-electron chi connectivity index (χ2n) is 6.26. The highest BCUT2D eigenvalue weighted by atomic mass is 19.3. The highest BCUT2D eigenvalue weighted by Gasteiger charge is 2.22. The molecule has 0 saturated heterocycles. The van der Waals surface area contributed by atoms with Gasteiger partial charge in [0.2, 0.25) is 0 Å². The van der Waals surface area contributed by atoms with E-state index in [1.165, 1.54) is 6.07 Å². The van der Waals surface area contributed by atoms with Crippen molar-refractivity contribution >= 4 is 27.8 Å². The molecule has 0 radical (unpaired) electrons. The zero-order valence-corrected chi connectivity index (χ0v) is 14.4. The smallest absolute Gasteiger partial charge is 0.325 e. The molecule has 0 fully saturated rings. The molecule has 0 saturated carbocycles. The lowest BCUT2D eigenvalue weighted by atomic mass is 10.00. The highest BCUT2D eigenvalue weighted by Crippen LogP contribution is 2.35. The van der Waals surface area contributed by atoms with Crippen molar-refractivity contribution in [2.75, 3.05) is 0 Å². The van der Waals surface area contributed by atoms with Crippen LogP contribution in [0.1, 0.15) is 17.7 Å². The van der Waals surface area contributed by atoms with Crippen molar-refractivity contribution in [3.63, 3.8) is 0 Å². The fourth-order valence-electron chi connectivity index (χ4n) is 3.38. The van der Waals surface area contributed by atoms with E-state index in [-0.39, 0.29) is 16.6 Å². The highest BCUT2D eigenvalue weighted by molar-refractivity contribution is 5.97. The van der Waals surface area contributed by atoms with E-state index in [1.807, 2.05) is 42.5 Å². The van der Waals surface area contributed by atoms with E-state index in [2.05, 4.69) is 10.1 Å². The number of carboxylic acids is 1. The zero-order valence-electron chi connectivity index (χ0n) is 14.4. The third kappa shape index (κ3) is 2.91. The minimum Gasteiger partial charge on any atom is -0.480 e. The Morgan fingerprint density at radius 2 is 1.93 bits per heavy atom. The van der Waals surface area contributed by atoms with Crippen LogP contribution in [0.25, 0.3) is 33.1 Å². The van der Waals surface area contributed by atoms with E-state index in [1.54, 1.807) is 6.92 Å². The van der Waals surface area contributed by atoms with Gasteiger partial charge in [-0.3, -0.25) is 4.79 Å². The minimum absolute atomic E-state index is 0.149. The first-order chi connectivity index (χ1) is 13.0. The number of nitrogens with zero attached hydrogens (tertiary/aromatic N) is 3. The van der Waals surface area contributed by atoms with Gasteiger partial charge in [0.05, 0.1) is 16.8 Å². The van der Waals surface area contributed by atoms with Gasteiger partial charge in [-0.25, -0.2) is 18.4 Å². The Balaban J connectivity index is 2.05. The number of aliphatic carboxylic acids is 1. The first-order valence-corrected chi connectivity index (χ1v) is 8.32. The van der Waals surface area contributed by atoms with E-state index in [0.717, 1.165) is 15.5 Å². The SMILES string of the molecule is Cc1nn(CC(=O)O)c2nc(-c3cccc4ccccc34)cc(C(F)F)c12. The summed E-state index contributed by atoms with van der Waals surface area (Å²) in [4.78, 5) is 15.6. The molecule has 0 aliphatic heterocycles. The Morgan fingerprint density at radius 1 is 1.19 bits per heavy atom. The molecule has 2 aromatic carbocycles. The molecular weight excluding hydrogens is 352 g/mol. The van der Waals surface area contributed by atoms with Gasteiger partial charge in [0.15, 0.2) is 5.65 Å². The monoisotopic (exact) mass is 367 g/mol. The molecule has 0 spiro atoms. The number of carboxylic acid groups (broad SMARTS) is 1. The largest absolute Gasteiger partial charge is 0.480 e. The van der Waals surface area contributed by atoms with Crippen molar-refractivity contribution in [3.8, 4) is 11.3 Å². The number of alkyl halides is 2. The van der Waals surface area contributed by atoms with Crippen molar-refractivity contribution < 1.29 is 18.7 Å². The van der Waals surface area contributed by atoms with Crippen LogP contribution in [0.15, 0.2) is 48.5 Å². The Kier molecular flexibility index (Phi) is 4.07. The van der Waals surface area contributed by atoms with Gasteiger partial charge in [0, 0.05) is 11.1 Å². The van der Waals surface area contributed by atoms with Crippen LogP contribution in [0.3, 0.4) is 0 Å². The number of hydrogen-bond acceptors (Lipinski definition) is 3. The molecule has 0 atom stereocenters. The molecule has 27 heavy (non-hydrogen) atoms. The summed E-state index contributed by atoms with van der Waals surface area (Å²) < 4.78 is 28.7. The van der Waals surface area contributed by atoms with E-state index in [4.69, 9.17) is 5.11 Å². The van der Waals surface area contributed by atoms with Gasteiger partial charge in [0.1, 0.15) is 6.54 Å². The van der Waals surface area contributed by atoms with Crippen molar-refractivity contribution in [1.29, 1.82) is 0 Å². The van der Waals surface area contributed by atoms with E-state index in [0.29, 0.717) is 17.0 Å². The molecule has 7 heteroatoms. The van der Waals surface area contributed by atoms with Crippen LogP contribution >= 0.6 is 0 Å². The molecule has 0 aliphatic carbocycles. The van der Waals surface area contributed by atoms with Gasteiger partial charge >= 0.3 is 5.97 Å². The molecule has 0 unspecified atom stereocenters. The number of rotatable bonds is 4. The predicted molar refractivity (Wildman–Crippen MR) is 97.8 cm³/mol. The lowest BCUT2D eigenvalue weighted by Crippen LogP contribution is -2.11. The number of aromatic nitrogens is 3. The second kappa shape index (κ2) is 6.42. The maximum Gasteiger partial charge on any atom is 0.325 e. The minimum atomic E-state index is -2.73. The fraction of sp³-hybridized carbons (Fsp3) is 0.150. The maximum absolute atomic E-state index is 13.8. The molecule has 5 nitrogen and oxygen atoms in total. The van der Waals surface area contributed by atoms with Crippen molar-refractivity contribution in [3.05, 3.63) is 59.8 Å². The van der Waals surface area contributed by atoms with Gasteiger partial charge < -0.3 is 5.11 Å². The summed E-state index contributed by atoms with van der Waals surface area (Å²) in [5, 5.41) is 15.3. The Morgan fingerprint density at radius 3 is 2.67 bits per heavy atom. The standard InChI is InChI=1S/C20H15F2N3O2/c1-11-18-15(19(21)22)9-16(23-20(18)25(24-11)10-17(26)27)14-8-4-6-12-5-2-3-7-13(12)14/h2-9,19H,10H2,1H3,(H,26,27). The number of halogens is 2. The number of pyridine rings is 1. The van der Waals surface area contributed by atoms with E-state index in [9.17, 15) is 13.6 Å². The molecule has 0 aliphatic rings. The van der Waals surface area contributed by atoms with Crippen LogP contribution in [-0.2, 0) is 11.3 Å². The maximum atomic E-state index is 13.8. The quantitative estimate of drug-likeness (QED) is 0.573. The molecule has 4 aromatic rings. The summed E-state index contributed by atoms with van der Waals surface area (Å²) >= 11 is 0. The summed E-state index contributed by atoms with van der Waals surface area (Å²) in [6.07, 6.45) is -2.73. The zero-order chi connectivity index (χ0) is 19.1. The molecule has 2 heterocycles. The summed E-state index contributed by atoms with van der Waals surface area (Å²) in [6.45, 7) is 1.13. The molecule has 4 rings (SSSR count).